The summed E-state index contributed by atoms with van der Waals surface area (Å²) in [4.78, 5) is 3.94. The standard InChI is InChI=1S/C26H26O3S3/c1-31(23-15-7-3-8-16-23,24-17-9-4-10-18-24)28-30(27)29-32(2,25-19-11-5-12-20-25)26-21-13-6-14-22-26/h3-22H,1-2H3. The molecule has 0 atom stereocenters. The lowest BCUT2D eigenvalue weighted by Crippen LogP contribution is -2.13. The molecule has 32 heavy (non-hydrogen) atoms. The van der Waals surface area contributed by atoms with E-state index in [0.29, 0.717) is 0 Å². The predicted molar refractivity (Wildman–Crippen MR) is 136 cm³/mol. The molecule has 0 saturated carbocycles. The average molecular weight is 483 g/mol. The van der Waals surface area contributed by atoms with Crippen molar-refractivity contribution in [3.05, 3.63) is 121 Å². The first-order chi connectivity index (χ1) is 15.5. The molecule has 0 aliphatic rings. The minimum atomic E-state index is -2.04. The van der Waals surface area contributed by atoms with Crippen molar-refractivity contribution in [1.82, 2.24) is 0 Å². The van der Waals surface area contributed by atoms with Crippen molar-refractivity contribution in [1.29, 1.82) is 0 Å². The SMILES string of the molecule is CS(OS(=O)OS(C)(c1ccccc1)c1ccccc1)(c1ccccc1)c1ccccc1. The summed E-state index contributed by atoms with van der Waals surface area (Å²) in [7, 11) is -4.09. The van der Waals surface area contributed by atoms with Gasteiger partial charge in [0, 0.05) is 19.6 Å². The van der Waals surface area contributed by atoms with Crippen molar-refractivity contribution in [2.75, 3.05) is 12.5 Å². The second-order valence-corrected chi connectivity index (χ2v) is 14.0. The quantitative estimate of drug-likeness (QED) is 0.260. The molecule has 4 rings (SSSR count). The largest absolute Gasteiger partial charge is 0.326 e. The van der Waals surface area contributed by atoms with Crippen molar-refractivity contribution in [3.8, 4) is 0 Å². The van der Waals surface area contributed by atoms with E-state index in [-0.39, 0.29) is 0 Å². The molecule has 0 unspecified atom stereocenters. The molecule has 0 N–H and O–H groups in total. The van der Waals surface area contributed by atoms with Crippen LogP contribution in [0.4, 0.5) is 0 Å². The summed E-state index contributed by atoms with van der Waals surface area (Å²) in [5.74, 6) is 0. The molecular weight excluding hydrogens is 456 g/mol. The van der Waals surface area contributed by atoms with E-state index < -0.39 is 32.0 Å². The van der Waals surface area contributed by atoms with E-state index in [1.54, 1.807) is 0 Å². The number of hydrogen-bond acceptors (Lipinski definition) is 3. The van der Waals surface area contributed by atoms with Crippen LogP contribution in [-0.4, -0.2) is 16.7 Å². The summed E-state index contributed by atoms with van der Waals surface area (Å²) in [5, 5.41) is 0. The van der Waals surface area contributed by atoms with Crippen LogP contribution in [0.25, 0.3) is 0 Å². The van der Waals surface area contributed by atoms with E-state index in [9.17, 15) is 4.21 Å². The fraction of sp³-hybridized carbons (Fsp3) is 0.0769. The zero-order valence-corrected chi connectivity index (χ0v) is 20.4. The second kappa shape index (κ2) is 10.1. The Morgan fingerprint density at radius 2 is 0.688 bits per heavy atom. The molecule has 0 heterocycles. The number of hydrogen-bond donors (Lipinski definition) is 0. The summed E-state index contributed by atoms with van der Waals surface area (Å²) in [6.07, 6.45) is 4.02. The van der Waals surface area contributed by atoms with Crippen molar-refractivity contribution >= 4 is 32.0 Å². The fourth-order valence-corrected chi connectivity index (χ4v) is 9.96. The van der Waals surface area contributed by atoms with E-state index in [0.717, 1.165) is 19.6 Å². The molecule has 0 saturated heterocycles. The van der Waals surface area contributed by atoms with Crippen molar-refractivity contribution in [2.24, 2.45) is 0 Å². The maximum atomic E-state index is 13.5. The maximum absolute atomic E-state index is 13.5. The lowest BCUT2D eigenvalue weighted by atomic mass is 10.4. The zero-order valence-electron chi connectivity index (χ0n) is 18.0. The van der Waals surface area contributed by atoms with E-state index >= 15 is 0 Å². The molecule has 0 fully saturated rings. The van der Waals surface area contributed by atoms with Gasteiger partial charge < -0.3 is 0 Å². The molecule has 0 amide bonds. The third-order valence-electron chi connectivity index (χ3n) is 5.16. The minimum absolute atomic E-state index is 0.985. The summed E-state index contributed by atoms with van der Waals surface area (Å²) in [6, 6.07) is 39.8. The van der Waals surface area contributed by atoms with E-state index in [2.05, 4.69) is 0 Å². The van der Waals surface area contributed by atoms with Crippen LogP contribution in [0.3, 0.4) is 0 Å². The van der Waals surface area contributed by atoms with Crippen LogP contribution in [0.5, 0.6) is 0 Å². The third kappa shape index (κ3) is 4.85. The molecule has 6 heteroatoms. The van der Waals surface area contributed by atoms with E-state index in [1.165, 1.54) is 0 Å². The van der Waals surface area contributed by atoms with Crippen LogP contribution in [0.1, 0.15) is 0 Å². The smallest absolute Gasteiger partial charge is 0.209 e. The van der Waals surface area contributed by atoms with Crippen molar-refractivity contribution < 1.29 is 11.5 Å². The highest BCUT2D eigenvalue weighted by Gasteiger charge is 2.33. The van der Waals surface area contributed by atoms with Crippen molar-refractivity contribution in [3.63, 3.8) is 0 Å². The van der Waals surface area contributed by atoms with E-state index in [4.69, 9.17) is 7.26 Å². The highest BCUT2D eigenvalue weighted by atomic mass is 32.3. The first kappa shape index (κ1) is 22.8. The summed E-state index contributed by atoms with van der Waals surface area (Å²) in [6.45, 7) is 0. The highest BCUT2D eigenvalue weighted by Crippen LogP contribution is 2.65. The first-order valence-electron chi connectivity index (χ1n) is 10.1. The van der Waals surface area contributed by atoms with Gasteiger partial charge in [-0.1, -0.05) is 93.4 Å². The molecule has 0 bridgehead atoms. The molecule has 0 spiro atoms. The Labute approximate surface area is 196 Å². The van der Waals surface area contributed by atoms with Gasteiger partial charge in [0.1, 0.15) is 0 Å². The lowest BCUT2D eigenvalue weighted by Gasteiger charge is -2.38. The van der Waals surface area contributed by atoms with Gasteiger partial charge >= 0.3 is 11.4 Å². The van der Waals surface area contributed by atoms with Crippen LogP contribution in [0, 0.1) is 0 Å². The van der Waals surface area contributed by atoms with Gasteiger partial charge in [0.2, 0.25) is 0 Å². The molecule has 0 radical (unpaired) electrons. The Kier molecular flexibility index (Phi) is 7.18. The Morgan fingerprint density at radius 3 is 0.906 bits per heavy atom. The predicted octanol–water partition coefficient (Wildman–Crippen LogP) is 7.53. The third-order valence-corrected chi connectivity index (χ3v) is 12.9. The molecule has 4 aromatic rings. The van der Waals surface area contributed by atoms with Gasteiger partial charge in [0.25, 0.3) is 0 Å². The van der Waals surface area contributed by atoms with Gasteiger partial charge in [-0.25, -0.2) is 7.26 Å². The lowest BCUT2D eigenvalue weighted by molar-refractivity contribution is 0.506. The van der Waals surface area contributed by atoms with Crippen molar-refractivity contribution in [2.45, 2.75) is 19.6 Å². The number of benzene rings is 4. The Morgan fingerprint density at radius 1 is 0.469 bits per heavy atom. The molecule has 3 nitrogen and oxygen atoms in total. The Hall–Kier alpha value is -2.35. The van der Waals surface area contributed by atoms with Crippen LogP contribution >= 0.6 is 20.6 Å². The molecule has 166 valence electrons. The van der Waals surface area contributed by atoms with Gasteiger partial charge in [-0.05, 0) is 61.0 Å². The second-order valence-electron chi connectivity index (χ2n) is 7.28. The molecular formula is C26H26O3S3. The van der Waals surface area contributed by atoms with Gasteiger partial charge in [-0.3, -0.25) is 0 Å². The van der Waals surface area contributed by atoms with Gasteiger partial charge in [-0.2, -0.15) is 4.21 Å². The summed E-state index contributed by atoms with van der Waals surface area (Å²) < 4.78 is 26.1. The van der Waals surface area contributed by atoms with E-state index in [1.807, 2.05) is 134 Å². The topological polar surface area (TPSA) is 35.5 Å². The first-order valence-corrected chi connectivity index (χ1v) is 15.0. The molecule has 0 aliphatic carbocycles. The molecule has 0 aromatic heterocycles. The van der Waals surface area contributed by atoms with Crippen LogP contribution < -0.4 is 0 Å². The van der Waals surface area contributed by atoms with Crippen LogP contribution in [0.2, 0.25) is 0 Å². The molecule has 4 aromatic carbocycles. The van der Waals surface area contributed by atoms with Gasteiger partial charge in [-0.15, -0.1) is 0 Å². The average Bonchev–Trinajstić information content (AvgIpc) is 2.86. The van der Waals surface area contributed by atoms with Crippen LogP contribution in [0.15, 0.2) is 141 Å². The fourth-order valence-electron chi connectivity index (χ4n) is 3.38. The molecule has 0 aliphatic heterocycles. The van der Waals surface area contributed by atoms with Gasteiger partial charge in [0.05, 0.1) is 0 Å². The minimum Gasteiger partial charge on any atom is -0.209 e. The normalized spacial score (nSPS) is 13.1. The zero-order chi connectivity index (χ0) is 22.4. The van der Waals surface area contributed by atoms with Crippen LogP contribution in [-0.2, 0) is 18.6 Å². The Bertz CT molecular complexity index is 982. The van der Waals surface area contributed by atoms with Gasteiger partial charge in [0.15, 0.2) is 0 Å². The number of rotatable bonds is 8. The Balaban J connectivity index is 1.70. The summed E-state index contributed by atoms with van der Waals surface area (Å²) in [5.41, 5.74) is 0. The monoisotopic (exact) mass is 482 g/mol. The maximum Gasteiger partial charge on any atom is 0.326 e. The summed E-state index contributed by atoms with van der Waals surface area (Å²) >= 11 is -1.99. The highest BCUT2D eigenvalue weighted by molar-refractivity contribution is 8.34.